The van der Waals surface area contributed by atoms with Crippen LogP contribution in [0.5, 0.6) is 0 Å². The molecule has 152 valence electrons. The maximum Gasteiger partial charge on any atom is 0.261 e. The third-order valence-corrected chi connectivity index (χ3v) is 5.72. The summed E-state index contributed by atoms with van der Waals surface area (Å²) in [6.45, 7) is 0.224. The zero-order chi connectivity index (χ0) is 21.4. The van der Waals surface area contributed by atoms with Crippen LogP contribution in [0, 0.1) is 12.3 Å². The molecule has 0 aliphatic rings. The van der Waals surface area contributed by atoms with Gasteiger partial charge in [0.2, 0.25) is 5.91 Å². The Balaban J connectivity index is 2.03. The summed E-state index contributed by atoms with van der Waals surface area (Å²) in [7, 11) is -3.93. The molecule has 0 saturated heterocycles. The lowest BCUT2D eigenvalue weighted by Gasteiger charge is -2.10. The van der Waals surface area contributed by atoms with Gasteiger partial charge in [0.25, 0.3) is 15.9 Å². The third kappa shape index (κ3) is 6.68. The predicted octanol–water partition coefficient (Wildman–Crippen LogP) is 2.66. The molecule has 2 aromatic rings. The summed E-state index contributed by atoms with van der Waals surface area (Å²) < 4.78 is 27.4. The molecule has 2 aromatic carbocycles. The Hall–Kier alpha value is -2.73. The van der Waals surface area contributed by atoms with Crippen molar-refractivity contribution < 1.29 is 18.0 Å². The first-order valence-corrected chi connectivity index (χ1v) is 10.5. The van der Waals surface area contributed by atoms with Crippen LogP contribution in [0.1, 0.15) is 16.8 Å². The number of nitrogens with one attached hydrogen (secondary N) is 3. The van der Waals surface area contributed by atoms with Crippen LogP contribution in [0.4, 0.5) is 5.69 Å². The zero-order valence-corrected chi connectivity index (χ0v) is 17.4. The Labute approximate surface area is 178 Å². The molecule has 0 atom stereocenters. The second-order valence-electron chi connectivity index (χ2n) is 5.75. The number of carbonyl (C=O) groups is 2. The molecule has 10 heteroatoms. The highest BCUT2D eigenvalue weighted by atomic mass is 35.5. The van der Waals surface area contributed by atoms with E-state index in [9.17, 15) is 18.0 Å². The maximum absolute atomic E-state index is 12.5. The summed E-state index contributed by atoms with van der Waals surface area (Å²) in [4.78, 5) is 23.6. The minimum Gasteiger partial charge on any atom is -0.352 e. The normalized spacial score (nSPS) is 10.7. The van der Waals surface area contributed by atoms with E-state index in [4.69, 9.17) is 29.6 Å². The van der Waals surface area contributed by atoms with Gasteiger partial charge in [-0.25, -0.2) is 8.42 Å². The Morgan fingerprint density at radius 2 is 1.79 bits per heavy atom. The average molecular weight is 454 g/mol. The topological polar surface area (TPSA) is 104 Å². The van der Waals surface area contributed by atoms with Crippen LogP contribution in [-0.2, 0) is 14.8 Å². The van der Waals surface area contributed by atoms with Gasteiger partial charge < -0.3 is 10.6 Å². The van der Waals surface area contributed by atoms with E-state index < -0.39 is 15.9 Å². The molecule has 0 heterocycles. The van der Waals surface area contributed by atoms with Crippen molar-refractivity contribution in [2.75, 3.05) is 17.8 Å². The summed E-state index contributed by atoms with van der Waals surface area (Å²) in [6, 6.07) is 9.85. The summed E-state index contributed by atoms with van der Waals surface area (Å²) in [6.07, 6.45) is 5.11. The monoisotopic (exact) mass is 453 g/mol. The summed E-state index contributed by atoms with van der Waals surface area (Å²) >= 11 is 11.7. The van der Waals surface area contributed by atoms with Crippen molar-refractivity contribution in [3.8, 4) is 12.3 Å². The first-order valence-electron chi connectivity index (χ1n) is 8.29. The first kappa shape index (κ1) is 22.6. The van der Waals surface area contributed by atoms with E-state index in [1.54, 1.807) is 0 Å². The molecule has 7 nitrogen and oxygen atoms in total. The Bertz CT molecular complexity index is 1070. The van der Waals surface area contributed by atoms with Crippen LogP contribution in [0.2, 0.25) is 10.0 Å². The molecule has 0 radical (unpaired) electrons. The van der Waals surface area contributed by atoms with Gasteiger partial charge >= 0.3 is 0 Å². The summed E-state index contributed by atoms with van der Waals surface area (Å²) in [5.41, 5.74) is 0.416. The van der Waals surface area contributed by atoms with Crippen LogP contribution in [0.3, 0.4) is 0 Å². The van der Waals surface area contributed by atoms with Crippen LogP contribution >= 0.6 is 23.2 Å². The minimum absolute atomic E-state index is 0.0665. The van der Waals surface area contributed by atoms with E-state index in [0.717, 1.165) is 0 Å². The molecule has 2 amide bonds. The van der Waals surface area contributed by atoms with Gasteiger partial charge in [0.1, 0.15) is 0 Å². The largest absolute Gasteiger partial charge is 0.352 e. The highest BCUT2D eigenvalue weighted by molar-refractivity contribution is 7.92. The number of hydrogen-bond donors (Lipinski definition) is 3. The van der Waals surface area contributed by atoms with Crippen molar-refractivity contribution in [2.24, 2.45) is 0 Å². The van der Waals surface area contributed by atoms with Crippen molar-refractivity contribution in [2.45, 2.75) is 11.3 Å². The minimum atomic E-state index is -3.93. The lowest BCUT2D eigenvalue weighted by molar-refractivity contribution is -0.120. The molecule has 29 heavy (non-hydrogen) atoms. The predicted molar refractivity (Wildman–Crippen MR) is 113 cm³/mol. The van der Waals surface area contributed by atoms with Crippen LogP contribution in [-0.4, -0.2) is 33.3 Å². The second-order valence-corrected chi connectivity index (χ2v) is 8.25. The fourth-order valence-corrected chi connectivity index (χ4v) is 3.65. The third-order valence-electron chi connectivity index (χ3n) is 3.60. The number of halogens is 2. The van der Waals surface area contributed by atoms with Crippen LogP contribution in [0.25, 0.3) is 0 Å². The average Bonchev–Trinajstić information content (AvgIpc) is 2.68. The first-order chi connectivity index (χ1) is 13.7. The Kier molecular flexibility index (Phi) is 7.91. The van der Waals surface area contributed by atoms with E-state index >= 15 is 0 Å². The number of sulfonamides is 1. The van der Waals surface area contributed by atoms with Gasteiger partial charge in [-0.3, -0.25) is 14.3 Å². The van der Waals surface area contributed by atoms with Crippen LogP contribution in [0.15, 0.2) is 47.4 Å². The van der Waals surface area contributed by atoms with E-state index in [2.05, 4.69) is 21.3 Å². The van der Waals surface area contributed by atoms with E-state index in [1.807, 2.05) is 0 Å². The molecule has 0 aromatic heterocycles. The van der Waals surface area contributed by atoms with E-state index in [0.29, 0.717) is 0 Å². The van der Waals surface area contributed by atoms with Gasteiger partial charge in [-0.1, -0.05) is 35.2 Å². The summed E-state index contributed by atoms with van der Waals surface area (Å²) in [5.74, 6) is 1.54. The highest BCUT2D eigenvalue weighted by Gasteiger charge is 2.16. The van der Waals surface area contributed by atoms with Gasteiger partial charge in [0, 0.05) is 24.2 Å². The number of benzene rings is 2. The van der Waals surface area contributed by atoms with E-state index in [-0.39, 0.29) is 51.6 Å². The lowest BCUT2D eigenvalue weighted by atomic mass is 10.2. The number of anilines is 1. The fraction of sp³-hybridized carbons (Fsp3) is 0.158. The number of amides is 2. The van der Waals surface area contributed by atoms with Gasteiger partial charge in [-0.15, -0.1) is 6.42 Å². The molecular formula is C19H17Cl2N3O4S. The molecule has 0 fully saturated rings. The highest BCUT2D eigenvalue weighted by Crippen LogP contribution is 2.26. The molecule has 0 saturated carbocycles. The molecular weight excluding hydrogens is 437 g/mol. The van der Waals surface area contributed by atoms with Crippen molar-refractivity contribution >= 4 is 50.7 Å². The number of carbonyl (C=O) groups excluding carboxylic acids is 2. The SMILES string of the molecule is C#CCNC(=O)CCNC(=O)c1cccc(NS(=O)(=O)c2ccc(Cl)c(Cl)c2)c1. The van der Waals surface area contributed by atoms with Crippen molar-refractivity contribution in [1.82, 2.24) is 10.6 Å². The smallest absolute Gasteiger partial charge is 0.261 e. The van der Waals surface area contributed by atoms with Gasteiger partial charge in [0.15, 0.2) is 0 Å². The van der Waals surface area contributed by atoms with Gasteiger partial charge in [0.05, 0.1) is 21.5 Å². The molecule has 0 bridgehead atoms. The maximum atomic E-state index is 12.5. The number of hydrogen-bond acceptors (Lipinski definition) is 4. The number of terminal acetylenes is 1. The Morgan fingerprint density at radius 1 is 1.03 bits per heavy atom. The zero-order valence-electron chi connectivity index (χ0n) is 15.0. The number of rotatable bonds is 8. The van der Waals surface area contributed by atoms with Crippen molar-refractivity contribution in [3.05, 3.63) is 58.1 Å². The molecule has 0 aliphatic heterocycles. The van der Waals surface area contributed by atoms with Gasteiger partial charge in [-0.2, -0.15) is 0 Å². The van der Waals surface area contributed by atoms with Crippen molar-refractivity contribution in [1.29, 1.82) is 0 Å². The van der Waals surface area contributed by atoms with Crippen LogP contribution < -0.4 is 15.4 Å². The molecule has 0 spiro atoms. The van der Waals surface area contributed by atoms with Gasteiger partial charge in [-0.05, 0) is 36.4 Å². The quantitative estimate of drug-likeness (QED) is 0.534. The molecule has 3 N–H and O–H groups in total. The standard InChI is InChI=1S/C19H17Cl2N3O4S/c1-2-9-22-18(25)8-10-23-19(26)13-4-3-5-14(11-13)24-29(27,28)15-6-7-16(20)17(21)12-15/h1,3-7,11-12,24H,8-10H2,(H,22,25)(H,23,26). The summed E-state index contributed by atoms with van der Waals surface area (Å²) in [5, 5.41) is 5.40. The lowest BCUT2D eigenvalue weighted by Crippen LogP contribution is -2.30. The second kappa shape index (κ2) is 10.2. The van der Waals surface area contributed by atoms with Crippen molar-refractivity contribution in [3.63, 3.8) is 0 Å². The Morgan fingerprint density at radius 3 is 2.48 bits per heavy atom. The molecule has 2 rings (SSSR count). The van der Waals surface area contributed by atoms with E-state index in [1.165, 1.54) is 42.5 Å². The molecule has 0 aliphatic carbocycles. The fourth-order valence-electron chi connectivity index (χ4n) is 2.21. The molecule has 0 unspecified atom stereocenters.